The number of hydrogen-bond donors (Lipinski definition) is 3. The Morgan fingerprint density at radius 1 is 1.00 bits per heavy atom. The van der Waals surface area contributed by atoms with Crippen molar-refractivity contribution in [2.24, 2.45) is 5.14 Å². The number of hydrogen-bond acceptors (Lipinski definition) is 5. The SMILES string of the molecule is NS(=O)(=O)c1cccc(-c2n[nH]c3ccc(NC(=O)c4cc5ccccc5s4)cc23)c1. The van der Waals surface area contributed by atoms with Crippen LogP contribution in [0.25, 0.3) is 32.2 Å². The largest absolute Gasteiger partial charge is 0.321 e. The smallest absolute Gasteiger partial charge is 0.265 e. The minimum atomic E-state index is -3.83. The van der Waals surface area contributed by atoms with Crippen LogP contribution in [0.3, 0.4) is 0 Å². The second-order valence-corrected chi connectivity index (χ2v) is 9.65. The Kier molecular flexibility index (Phi) is 4.58. The number of amides is 1. The number of carbonyl (C=O) groups excluding carboxylic acids is 1. The average molecular weight is 449 g/mol. The number of aromatic amines is 1. The molecule has 0 saturated carbocycles. The van der Waals surface area contributed by atoms with Crippen LogP contribution < -0.4 is 10.5 Å². The van der Waals surface area contributed by atoms with E-state index in [1.54, 1.807) is 18.2 Å². The fourth-order valence-corrected chi connectivity index (χ4v) is 4.94. The van der Waals surface area contributed by atoms with Crippen LogP contribution in [-0.4, -0.2) is 24.5 Å². The third-order valence-corrected chi connectivity index (χ3v) is 6.93. The number of sulfonamides is 1. The van der Waals surface area contributed by atoms with Crippen LogP contribution >= 0.6 is 11.3 Å². The minimum absolute atomic E-state index is 0.00960. The topological polar surface area (TPSA) is 118 Å². The fourth-order valence-electron chi connectivity index (χ4n) is 3.42. The van der Waals surface area contributed by atoms with Gasteiger partial charge in [0, 0.05) is 21.3 Å². The van der Waals surface area contributed by atoms with Crippen molar-refractivity contribution in [1.82, 2.24) is 10.2 Å². The van der Waals surface area contributed by atoms with E-state index in [4.69, 9.17) is 5.14 Å². The molecule has 7 nitrogen and oxygen atoms in total. The zero-order valence-corrected chi connectivity index (χ0v) is 17.6. The van der Waals surface area contributed by atoms with Gasteiger partial charge in [-0.25, -0.2) is 13.6 Å². The summed E-state index contributed by atoms with van der Waals surface area (Å²) in [7, 11) is -3.83. The Labute approximate surface area is 181 Å². The monoisotopic (exact) mass is 448 g/mol. The summed E-state index contributed by atoms with van der Waals surface area (Å²) in [5.74, 6) is -0.193. The number of nitrogens with two attached hydrogens (primary N) is 1. The van der Waals surface area contributed by atoms with E-state index in [9.17, 15) is 13.2 Å². The molecule has 5 aromatic rings. The first-order chi connectivity index (χ1) is 14.9. The number of nitrogens with zero attached hydrogens (tertiary/aromatic N) is 1. The van der Waals surface area contributed by atoms with E-state index in [0.29, 0.717) is 21.8 Å². The van der Waals surface area contributed by atoms with Gasteiger partial charge >= 0.3 is 0 Å². The first-order valence-corrected chi connectivity index (χ1v) is 11.7. The van der Waals surface area contributed by atoms with Crippen molar-refractivity contribution >= 4 is 53.9 Å². The van der Waals surface area contributed by atoms with Gasteiger partial charge in [-0.05, 0) is 47.9 Å². The maximum atomic E-state index is 12.8. The molecule has 4 N–H and O–H groups in total. The molecule has 154 valence electrons. The van der Waals surface area contributed by atoms with E-state index >= 15 is 0 Å². The molecule has 0 saturated heterocycles. The highest BCUT2D eigenvalue weighted by Crippen LogP contribution is 2.30. The number of carbonyl (C=O) groups is 1. The van der Waals surface area contributed by atoms with Crippen LogP contribution in [-0.2, 0) is 10.0 Å². The molecule has 2 aromatic heterocycles. The Morgan fingerprint density at radius 3 is 2.65 bits per heavy atom. The quantitative estimate of drug-likeness (QED) is 0.379. The summed E-state index contributed by atoms with van der Waals surface area (Å²) in [5.41, 5.74) is 2.54. The summed E-state index contributed by atoms with van der Waals surface area (Å²) in [6.45, 7) is 0. The fraction of sp³-hybridized carbons (Fsp3) is 0. The molecule has 0 atom stereocenters. The molecule has 1 amide bonds. The number of aromatic nitrogens is 2. The number of benzene rings is 3. The highest BCUT2D eigenvalue weighted by atomic mass is 32.2. The van der Waals surface area contributed by atoms with Crippen molar-refractivity contribution in [2.75, 3.05) is 5.32 Å². The Bertz CT molecular complexity index is 1540. The van der Waals surface area contributed by atoms with Crippen LogP contribution in [0, 0.1) is 0 Å². The lowest BCUT2D eigenvalue weighted by Crippen LogP contribution is -2.11. The van der Waals surface area contributed by atoms with Gasteiger partial charge < -0.3 is 5.32 Å². The Hall–Kier alpha value is -3.53. The zero-order chi connectivity index (χ0) is 21.6. The molecule has 0 bridgehead atoms. The van der Waals surface area contributed by atoms with Crippen LogP contribution in [0.15, 0.2) is 77.7 Å². The molecule has 0 aliphatic carbocycles. The van der Waals surface area contributed by atoms with Gasteiger partial charge in [-0.15, -0.1) is 11.3 Å². The summed E-state index contributed by atoms with van der Waals surface area (Å²) >= 11 is 1.43. The lowest BCUT2D eigenvalue weighted by molar-refractivity contribution is 0.103. The van der Waals surface area contributed by atoms with Crippen LogP contribution in [0.4, 0.5) is 5.69 Å². The molecule has 31 heavy (non-hydrogen) atoms. The summed E-state index contributed by atoms with van der Waals surface area (Å²) in [6.07, 6.45) is 0. The number of thiophene rings is 1. The van der Waals surface area contributed by atoms with E-state index in [2.05, 4.69) is 15.5 Å². The number of fused-ring (bicyclic) bond motifs is 2. The van der Waals surface area contributed by atoms with Gasteiger partial charge in [-0.2, -0.15) is 5.10 Å². The lowest BCUT2D eigenvalue weighted by atomic mass is 10.1. The van der Waals surface area contributed by atoms with E-state index in [0.717, 1.165) is 21.0 Å². The number of primary sulfonamides is 1. The molecule has 0 aliphatic heterocycles. The van der Waals surface area contributed by atoms with Crippen molar-refractivity contribution in [3.8, 4) is 11.3 Å². The summed E-state index contributed by atoms with van der Waals surface area (Å²) in [6, 6.07) is 21.4. The molecule has 9 heteroatoms. The molecular formula is C22H16N4O3S2. The first-order valence-electron chi connectivity index (χ1n) is 9.30. The average Bonchev–Trinajstić information content (AvgIpc) is 3.37. The molecule has 0 fully saturated rings. The number of rotatable bonds is 4. The van der Waals surface area contributed by atoms with Gasteiger partial charge in [-0.3, -0.25) is 9.89 Å². The van der Waals surface area contributed by atoms with Crippen molar-refractivity contribution in [2.45, 2.75) is 4.90 Å². The highest BCUT2D eigenvalue weighted by molar-refractivity contribution is 7.89. The molecule has 0 aliphatic rings. The molecule has 5 rings (SSSR count). The van der Waals surface area contributed by atoms with E-state index in [1.165, 1.54) is 23.5 Å². The maximum Gasteiger partial charge on any atom is 0.265 e. The Morgan fingerprint density at radius 2 is 1.84 bits per heavy atom. The zero-order valence-electron chi connectivity index (χ0n) is 16.0. The van der Waals surface area contributed by atoms with Crippen LogP contribution in [0.1, 0.15) is 9.67 Å². The van der Waals surface area contributed by atoms with Crippen molar-refractivity contribution in [3.63, 3.8) is 0 Å². The van der Waals surface area contributed by atoms with E-state index < -0.39 is 10.0 Å². The van der Waals surface area contributed by atoms with Crippen molar-refractivity contribution in [3.05, 3.63) is 77.7 Å². The third-order valence-electron chi connectivity index (χ3n) is 4.91. The molecular weight excluding hydrogens is 432 g/mol. The van der Waals surface area contributed by atoms with Crippen LogP contribution in [0.5, 0.6) is 0 Å². The predicted molar refractivity (Wildman–Crippen MR) is 123 cm³/mol. The highest BCUT2D eigenvalue weighted by Gasteiger charge is 2.15. The molecule has 0 spiro atoms. The van der Waals surface area contributed by atoms with Crippen molar-refractivity contribution in [1.29, 1.82) is 0 Å². The third kappa shape index (κ3) is 3.70. The molecule has 2 heterocycles. The van der Waals surface area contributed by atoms with Crippen LogP contribution in [0.2, 0.25) is 0 Å². The molecule has 0 unspecified atom stereocenters. The van der Waals surface area contributed by atoms with E-state index in [1.807, 2.05) is 42.5 Å². The Balaban J connectivity index is 1.50. The normalized spacial score (nSPS) is 11.8. The standard InChI is InChI=1S/C22H16N4O3S2/c23-31(28,29)16-6-3-5-14(10-16)21-17-12-15(8-9-18(17)25-26-21)24-22(27)20-11-13-4-1-2-7-19(13)30-20/h1-12H,(H,24,27)(H,25,26)(H2,23,28,29). The van der Waals surface area contributed by atoms with Gasteiger partial charge in [0.05, 0.1) is 15.3 Å². The number of anilines is 1. The van der Waals surface area contributed by atoms with Gasteiger partial charge in [0.2, 0.25) is 10.0 Å². The predicted octanol–water partition coefficient (Wildman–Crippen LogP) is 4.34. The summed E-state index contributed by atoms with van der Waals surface area (Å²) in [4.78, 5) is 13.4. The number of H-pyrrole nitrogens is 1. The maximum absolute atomic E-state index is 12.8. The summed E-state index contributed by atoms with van der Waals surface area (Å²) < 4.78 is 24.4. The van der Waals surface area contributed by atoms with Gasteiger partial charge in [0.15, 0.2) is 0 Å². The minimum Gasteiger partial charge on any atom is -0.321 e. The second-order valence-electron chi connectivity index (χ2n) is 7.01. The number of nitrogens with one attached hydrogen (secondary N) is 2. The van der Waals surface area contributed by atoms with Gasteiger partial charge in [-0.1, -0.05) is 30.3 Å². The molecule has 3 aromatic carbocycles. The van der Waals surface area contributed by atoms with Gasteiger partial charge in [0.25, 0.3) is 5.91 Å². The lowest BCUT2D eigenvalue weighted by Gasteiger charge is -2.05. The summed E-state index contributed by atoms with van der Waals surface area (Å²) in [5, 5.41) is 17.2. The van der Waals surface area contributed by atoms with E-state index in [-0.39, 0.29) is 10.8 Å². The molecule has 0 radical (unpaired) electrons. The first kappa shape index (κ1) is 19.4. The second kappa shape index (κ2) is 7.31. The van der Waals surface area contributed by atoms with Crippen molar-refractivity contribution < 1.29 is 13.2 Å². The van der Waals surface area contributed by atoms with Gasteiger partial charge in [0.1, 0.15) is 5.69 Å².